The maximum absolute atomic E-state index is 12.4. The first-order valence-corrected chi connectivity index (χ1v) is 5.90. The van der Waals surface area contributed by atoms with Crippen molar-refractivity contribution in [2.75, 3.05) is 6.61 Å². The topological polar surface area (TPSA) is 55.0 Å². The van der Waals surface area contributed by atoms with E-state index in [4.69, 9.17) is 4.74 Å². The normalized spacial score (nSPS) is 13.8. The maximum Gasteiger partial charge on any atom is 0.198 e. The van der Waals surface area contributed by atoms with Crippen molar-refractivity contribution < 1.29 is 4.74 Å². The van der Waals surface area contributed by atoms with Crippen LogP contribution >= 0.6 is 0 Å². The van der Waals surface area contributed by atoms with Crippen molar-refractivity contribution in [3.05, 3.63) is 46.2 Å². The molecular formula is C14H10N2O2. The molecule has 0 saturated carbocycles. The van der Waals surface area contributed by atoms with E-state index in [-0.39, 0.29) is 5.43 Å². The van der Waals surface area contributed by atoms with Crippen molar-refractivity contribution in [1.82, 2.24) is 9.97 Å². The van der Waals surface area contributed by atoms with Gasteiger partial charge in [0.15, 0.2) is 5.43 Å². The number of H-pyrrole nitrogens is 1. The molecule has 0 bridgehead atoms. The van der Waals surface area contributed by atoms with Crippen LogP contribution in [0.5, 0.6) is 5.75 Å². The summed E-state index contributed by atoms with van der Waals surface area (Å²) >= 11 is 0. The molecule has 0 aliphatic carbocycles. The van der Waals surface area contributed by atoms with Gasteiger partial charge in [0.2, 0.25) is 0 Å². The number of hydrogen-bond acceptors (Lipinski definition) is 3. The van der Waals surface area contributed by atoms with E-state index in [0.29, 0.717) is 23.0 Å². The molecule has 3 aromatic rings. The predicted molar refractivity (Wildman–Crippen MR) is 69.1 cm³/mol. The zero-order valence-corrected chi connectivity index (χ0v) is 9.56. The molecule has 1 aliphatic rings. The molecule has 1 N–H and O–H groups in total. The molecule has 0 saturated heterocycles. The van der Waals surface area contributed by atoms with Crippen molar-refractivity contribution in [2.24, 2.45) is 0 Å². The summed E-state index contributed by atoms with van der Waals surface area (Å²) in [5.41, 5.74) is 2.61. The van der Waals surface area contributed by atoms with Crippen LogP contribution in [0.3, 0.4) is 0 Å². The van der Waals surface area contributed by atoms with Crippen LogP contribution < -0.4 is 10.2 Å². The zero-order chi connectivity index (χ0) is 12.1. The highest BCUT2D eigenvalue weighted by atomic mass is 16.5. The van der Waals surface area contributed by atoms with Gasteiger partial charge < -0.3 is 9.72 Å². The number of benzene rings is 1. The molecule has 0 amide bonds. The predicted octanol–water partition coefficient (Wildman–Crippen LogP) is 2.01. The average Bonchev–Trinajstić information content (AvgIpc) is 2.88. The molecule has 0 unspecified atom stereocenters. The second kappa shape index (κ2) is 3.32. The molecule has 18 heavy (non-hydrogen) atoms. The summed E-state index contributed by atoms with van der Waals surface area (Å²) in [6.07, 6.45) is 2.52. The summed E-state index contributed by atoms with van der Waals surface area (Å²) in [6.45, 7) is 0.677. The van der Waals surface area contributed by atoms with Crippen molar-refractivity contribution in [3.8, 4) is 5.75 Å². The van der Waals surface area contributed by atoms with Crippen LogP contribution in [0.25, 0.3) is 21.9 Å². The van der Waals surface area contributed by atoms with Crippen LogP contribution in [0, 0.1) is 0 Å². The molecule has 3 heterocycles. The van der Waals surface area contributed by atoms with E-state index in [1.54, 1.807) is 18.3 Å². The van der Waals surface area contributed by atoms with Gasteiger partial charge in [-0.3, -0.25) is 4.79 Å². The number of nitrogens with one attached hydrogen (secondary N) is 1. The number of ether oxygens (including phenoxy) is 1. The third-order valence-electron chi connectivity index (χ3n) is 3.42. The highest BCUT2D eigenvalue weighted by molar-refractivity contribution is 5.93. The van der Waals surface area contributed by atoms with Gasteiger partial charge in [0.25, 0.3) is 0 Å². The fourth-order valence-electron chi connectivity index (χ4n) is 2.56. The molecule has 0 fully saturated rings. The van der Waals surface area contributed by atoms with Crippen LogP contribution in [-0.4, -0.2) is 16.6 Å². The minimum absolute atomic E-state index is 0.0292. The first-order valence-electron chi connectivity index (χ1n) is 5.90. The average molecular weight is 238 g/mol. The number of hydrogen-bond donors (Lipinski definition) is 1. The quantitative estimate of drug-likeness (QED) is 0.609. The Morgan fingerprint density at radius 3 is 3.11 bits per heavy atom. The van der Waals surface area contributed by atoms with Gasteiger partial charge in [0, 0.05) is 23.6 Å². The second-order valence-corrected chi connectivity index (χ2v) is 4.42. The van der Waals surface area contributed by atoms with Gasteiger partial charge in [-0.05, 0) is 24.3 Å². The molecule has 4 heteroatoms. The monoisotopic (exact) mass is 238 g/mol. The Labute approximate surface area is 102 Å². The van der Waals surface area contributed by atoms with E-state index in [0.717, 1.165) is 23.3 Å². The van der Waals surface area contributed by atoms with Crippen LogP contribution in [0.2, 0.25) is 0 Å². The Kier molecular flexibility index (Phi) is 1.78. The van der Waals surface area contributed by atoms with Crippen molar-refractivity contribution in [2.45, 2.75) is 6.42 Å². The minimum Gasteiger partial charge on any atom is -0.493 e. The largest absolute Gasteiger partial charge is 0.493 e. The maximum atomic E-state index is 12.4. The van der Waals surface area contributed by atoms with E-state index in [1.807, 2.05) is 12.1 Å². The van der Waals surface area contributed by atoms with Gasteiger partial charge >= 0.3 is 0 Å². The first kappa shape index (κ1) is 9.65. The number of fused-ring (bicyclic) bond motifs is 4. The molecule has 0 atom stereocenters. The zero-order valence-electron chi connectivity index (χ0n) is 9.56. The summed E-state index contributed by atoms with van der Waals surface area (Å²) in [5, 5.41) is 1.34. The van der Waals surface area contributed by atoms with Crippen LogP contribution in [0.4, 0.5) is 0 Å². The van der Waals surface area contributed by atoms with E-state index >= 15 is 0 Å². The van der Waals surface area contributed by atoms with Crippen LogP contribution in [-0.2, 0) is 6.42 Å². The van der Waals surface area contributed by atoms with Crippen molar-refractivity contribution >= 4 is 21.9 Å². The molecular weight excluding hydrogens is 228 g/mol. The standard InChI is InChI=1S/C14H10N2O2/c17-13-9-3-4-11-8(5-7-18-11)12(9)16-14-10(13)2-1-6-15-14/h1-4,6H,5,7H2,(H,15,16,17). The molecule has 88 valence electrons. The third kappa shape index (κ3) is 1.14. The van der Waals surface area contributed by atoms with E-state index in [2.05, 4.69) is 9.97 Å². The lowest BCUT2D eigenvalue weighted by Gasteiger charge is -2.05. The Morgan fingerprint density at radius 1 is 1.22 bits per heavy atom. The highest BCUT2D eigenvalue weighted by Gasteiger charge is 2.17. The number of pyridine rings is 2. The number of rotatable bonds is 0. The number of nitrogens with zero attached hydrogens (tertiary/aromatic N) is 1. The van der Waals surface area contributed by atoms with Crippen LogP contribution in [0.1, 0.15) is 5.56 Å². The van der Waals surface area contributed by atoms with Crippen LogP contribution in [0.15, 0.2) is 35.3 Å². The summed E-state index contributed by atoms with van der Waals surface area (Å²) in [7, 11) is 0. The summed E-state index contributed by atoms with van der Waals surface area (Å²) in [4.78, 5) is 19.9. The van der Waals surface area contributed by atoms with Crippen molar-refractivity contribution in [3.63, 3.8) is 0 Å². The lowest BCUT2D eigenvalue weighted by Crippen LogP contribution is -2.06. The second-order valence-electron chi connectivity index (χ2n) is 4.42. The highest BCUT2D eigenvalue weighted by Crippen LogP contribution is 2.30. The summed E-state index contributed by atoms with van der Waals surface area (Å²) in [6, 6.07) is 7.27. The summed E-state index contributed by atoms with van der Waals surface area (Å²) < 4.78 is 5.52. The summed E-state index contributed by atoms with van der Waals surface area (Å²) in [5.74, 6) is 0.869. The Hall–Kier alpha value is -2.36. The Morgan fingerprint density at radius 2 is 2.17 bits per heavy atom. The minimum atomic E-state index is 0.0292. The molecule has 0 radical (unpaired) electrons. The van der Waals surface area contributed by atoms with Gasteiger partial charge in [-0.25, -0.2) is 4.98 Å². The molecule has 1 aliphatic heterocycles. The van der Waals surface area contributed by atoms with E-state index in [9.17, 15) is 4.79 Å². The van der Waals surface area contributed by atoms with Gasteiger partial charge in [0.05, 0.1) is 17.5 Å². The molecule has 4 rings (SSSR count). The lowest BCUT2D eigenvalue weighted by atomic mass is 10.1. The van der Waals surface area contributed by atoms with E-state index < -0.39 is 0 Å². The lowest BCUT2D eigenvalue weighted by molar-refractivity contribution is 0.357. The van der Waals surface area contributed by atoms with Gasteiger partial charge in [-0.2, -0.15) is 0 Å². The molecule has 0 spiro atoms. The fourth-order valence-corrected chi connectivity index (χ4v) is 2.56. The Bertz CT molecular complexity index is 836. The molecule has 4 nitrogen and oxygen atoms in total. The van der Waals surface area contributed by atoms with Gasteiger partial charge in [-0.15, -0.1) is 0 Å². The van der Waals surface area contributed by atoms with Crippen molar-refractivity contribution in [1.29, 1.82) is 0 Å². The Balaban J connectivity index is 2.27. The van der Waals surface area contributed by atoms with Gasteiger partial charge in [-0.1, -0.05) is 0 Å². The number of aromatic amines is 1. The SMILES string of the molecule is O=c1c2cccnc2[nH]c2c3c(ccc12)OCC3. The molecule has 1 aromatic carbocycles. The van der Waals surface area contributed by atoms with Gasteiger partial charge in [0.1, 0.15) is 11.4 Å². The van der Waals surface area contributed by atoms with E-state index in [1.165, 1.54) is 0 Å². The fraction of sp³-hybridized carbons (Fsp3) is 0.143. The first-order chi connectivity index (χ1) is 8.84. The number of aromatic nitrogens is 2. The third-order valence-corrected chi connectivity index (χ3v) is 3.42. The molecule has 2 aromatic heterocycles. The smallest absolute Gasteiger partial charge is 0.198 e.